The van der Waals surface area contributed by atoms with Crippen LogP contribution in [0.3, 0.4) is 0 Å². The quantitative estimate of drug-likeness (QED) is 0.650. The molecule has 2 rings (SSSR count). The van der Waals surface area contributed by atoms with Gasteiger partial charge in [0.15, 0.2) is 0 Å². The molecule has 6 nitrogen and oxygen atoms in total. The number of halogens is 1. The number of carbonyl (C=O) groups excluding carboxylic acids is 2. The molecule has 0 aliphatic rings. The van der Waals surface area contributed by atoms with E-state index in [1.54, 1.807) is 0 Å². The molecule has 144 valence electrons. The van der Waals surface area contributed by atoms with E-state index in [-0.39, 0.29) is 17.6 Å². The van der Waals surface area contributed by atoms with E-state index in [1.165, 1.54) is 30.7 Å². The molecule has 0 atom stereocenters. The Morgan fingerprint density at radius 2 is 1.74 bits per heavy atom. The van der Waals surface area contributed by atoms with E-state index in [1.807, 2.05) is 19.0 Å². The summed E-state index contributed by atoms with van der Waals surface area (Å²) in [4.78, 5) is 25.1. The van der Waals surface area contributed by atoms with Crippen LogP contribution in [0.1, 0.15) is 18.9 Å². The molecule has 0 aromatic heterocycles. The van der Waals surface area contributed by atoms with E-state index < -0.39 is 5.82 Å². The van der Waals surface area contributed by atoms with Crippen LogP contribution in [0.15, 0.2) is 42.5 Å². The van der Waals surface area contributed by atoms with Crippen LogP contribution < -0.4 is 20.9 Å². The van der Waals surface area contributed by atoms with Gasteiger partial charge in [-0.05, 0) is 48.7 Å². The molecule has 0 fully saturated rings. The van der Waals surface area contributed by atoms with Gasteiger partial charge < -0.3 is 20.9 Å². The van der Waals surface area contributed by atoms with Crippen molar-refractivity contribution in [2.75, 3.05) is 36.2 Å². The lowest BCUT2D eigenvalue weighted by Gasteiger charge is -2.13. The maximum absolute atomic E-state index is 13.6. The summed E-state index contributed by atoms with van der Waals surface area (Å²) in [6.07, 6.45) is 1.66. The molecule has 3 N–H and O–H groups in total. The molecular weight excluding hydrogens is 347 g/mol. The van der Waals surface area contributed by atoms with Gasteiger partial charge >= 0.3 is 6.03 Å². The average Bonchev–Trinajstić information content (AvgIpc) is 2.61. The highest BCUT2D eigenvalue weighted by Gasteiger charge is 2.07. The Morgan fingerprint density at radius 1 is 1.04 bits per heavy atom. The van der Waals surface area contributed by atoms with Crippen LogP contribution >= 0.6 is 0 Å². The van der Waals surface area contributed by atoms with E-state index in [0.29, 0.717) is 12.2 Å². The molecule has 0 radical (unpaired) electrons. The Morgan fingerprint density at radius 3 is 2.37 bits per heavy atom. The SMILES string of the molecule is CC(=O)Nc1cc(NC(=O)NCCCc2ccc(N(C)C)cc2)ccc1F. The van der Waals surface area contributed by atoms with Crippen LogP contribution in [0.25, 0.3) is 0 Å². The average molecular weight is 372 g/mol. The molecule has 2 aromatic rings. The summed E-state index contributed by atoms with van der Waals surface area (Å²) in [5.41, 5.74) is 2.79. The second-order valence-electron chi connectivity index (χ2n) is 6.42. The van der Waals surface area contributed by atoms with Gasteiger partial charge in [0.25, 0.3) is 0 Å². The van der Waals surface area contributed by atoms with Crippen LogP contribution in [0, 0.1) is 5.82 Å². The van der Waals surface area contributed by atoms with E-state index >= 15 is 0 Å². The van der Waals surface area contributed by atoms with Gasteiger partial charge in [-0.15, -0.1) is 0 Å². The Hall–Kier alpha value is -3.09. The first-order chi connectivity index (χ1) is 12.8. The Kier molecular flexibility index (Phi) is 7.16. The van der Waals surface area contributed by atoms with Crippen molar-refractivity contribution in [3.8, 4) is 0 Å². The van der Waals surface area contributed by atoms with Gasteiger partial charge in [-0.1, -0.05) is 12.1 Å². The molecule has 0 heterocycles. The van der Waals surface area contributed by atoms with Crippen LogP contribution in [-0.4, -0.2) is 32.6 Å². The highest BCUT2D eigenvalue weighted by atomic mass is 19.1. The van der Waals surface area contributed by atoms with Crippen molar-refractivity contribution in [1.29, 1.82) is 0 Å². The fourth-order valence-electron chi connectivity index (χ4n) is 2.52. The van der Waals surface area contributed by atoms with Gasteiger partial charge in [0.05, 0.1) is 5.69 Å². The van der Waals surface area contributed by atoms with Crippen molar-refractivity contribution < 1.29 is 14.0 Å². The number of nitrogens with one attached hydrogen (secondary N) is 3. The first-order valence-electron chi connectivity index (χ1n) is 8.73. The maximum atomic E-state index is 13.6. The van der Waals surface area contributed by atoms with Crippen molar-refractivity contribution in [3.05, 3.63) is 53.8 Å². The molecule has 0 saturated heterocycles. The van der Waals surface area contributed by atoms with Gasteiger partial charge in [-0.3, -0.25) is 4.79 Å². The minimum Gasteiger partial charge on any atom is -0.378 e. The van der Waals surface area contributed by atoms with Crippen LogP contribution in [0.4, 0.5) is 26.2 Å². The third-order valence-electron chi connectivity index (χ3n) is 3.92. The smallest absolute Gasteiger partial charge is 0.319 e. The van der Waals surface area contributed by atoms with Crippen molar-refractivity contribution in [3.63, 3.8) is 0 Å². The van der Waals surface area contributed by atoms with Gasteiger partial charge in [-0.25, -0.2) is 9.18 Å². The number of hydrogen-bond donors (Lipinski definition) is 3. The Balaban J connectivity index is 1.77. The summed E-state index contributed by atoms with van der Waals surface area (Å²) in [5.74, 6) is -0.939. The monoisotopic (exact) mass is 372 g/mol. The van der Waals surface area contributed by atoms with Crippen molar-refractivity contribution in [2.24, 2.45) is 0 Å². The number of nitrogens with zero attached hydrogens (tertiary/aromatic N) is 1. The fraction of sp³-hybridized carbons (Fsp3) is 0.300. The highest BCUT2D eigenvalue weighted by Crippen LogP contribution is 2.19. The van der Waals surface area contributed by atoms with E-state index in [4.69, 9.17) is 0 Å². The molecule has 0 spiro atoms. The molecule has 3 amide bonds. The molecule has 0 unspecified atom stereocenters. The summed E-state index contributed by atoms with van der Waals surface area (Å²) in [5, 5.41) is 7.77. The number of anilines is 3. The number of urea groups is 1. The van der Waals surface area contributed by atoms with Gasteiger partial charge in [0, 0.05) is 38.9 Å². The molecule has 0 aliphatic heterocycles. The lowest BCUT2D eigenvalue weighted by atomic mass is 10.1. The van der Waals surface area contributed by atoms with Crippen molar-refractivity contribution in [2.45, 2.75) is 19.8 Å². The van der Waals surface area contributed by atoms with Gasteiger partial charge in [0.2, 0.25) is 5.91 Å². The third-order valence-corrected chi connectivity index (χ3v) is 3.92. The summed E-state index contributed by atoms with van der Waals surface area (Å²) < 4.78 is 13.6. The molecule has 0 aliphatic carbocycles. The lowest BCUT2D eigenvalue weighted by Crippen LogP contribution is -2.29. The van der Waals surface area contributed by atoms with Crippen molar-refractivity contribution in [1.82, 2.24) is 5.32 Å². The first-order valence-corrected chi connectivity index (χ1v) is 8.73. The summed E-state index contributed by atoms with van der Waals surface area (Å²) >= 11 is 0. The van der Waals surface area contributed by atoms with Gasteiger partial charge in [-0.2, -0.15) is 0 Å². The predicted octanol–water partition coefficient (Wildman–Crippen LogP) is 3.60. The molecular formula is C20H25FN4O2. The van der Waals surface area contributed by atoms with E-state index in [9.17, 15) is 14.0 Å². The Labute approximate surface area is 158 Å². The highest BCUT2D eigenvalue weighted by molar-refractivity contribution is 5.92. The molecule has 7 heteroatoms. The molecule has 2 aromatic carbocycles. The normalized spacial score (nSPS) is 10.2. The second kappa shape index (κ2) is 9.56. The standard InChI is InChI=1S/C20H25FN4O2/c1-14(26)23-19-13-16(8-11-18(19)21)24-20(27)22-12-4-5-15-6-9-17(10-7-15)25(2)3/h6-11,13H,4-5,12H2,1-3H3,(H,23,26)(H2,22,24,27). The minimum absolute atomic E-state index is 0.0291. The Bertz CT molecular complexity index is 791. The number of carbonyl (C=O) groups is 2. The molecule has 0 saturated carbocycles. The first kappa shape index (κ1) is 20.2. The zero-order valence-electron chi connectivity index (χ0n) is 15.8. The largest absolute Gasteiger partial charge is 0.378 e. The number of benzene rings is 2. The van der Waals surface area contributed by atoms with E-state index in [0.717, 1.165) is 18.5 Å². The van der Waals surface area contributed by atoms with Crippen LogP contribution in [0.2, 0.25) is 0 Å². The number of hydrogen-bond acceptors (Lipinski definition) is 3. The topological polar surface area (TPSA) is 73.5 Å². The van der Waals surface area contributed by atoms with E-state index in [2.05, 4.69) is 40.2 Å². The lowest BCUT2D eigenvalue weighted by molar-refractivity contribution is -0.114. The zero-order valence-corrected chi connectivity index (χ0v) is 15.8. The number of amides is 3. The number of aryl methyl sites for hydroxylation is 1. The summed E-state index contributed by atoms with van der Waals surface area (Å²) in [6, 6.07) is 11.9. The zero-order chi connectivity index (χ0) is 19.8. The summed E-state index contributed by atoms with van der Waals surface area (Å²) in [7, 11) is 4.00. The maximum Gasteiger partial charge on any atom is 0.319 e. The summed E-state index contributed by atoms with van der Waals surface area (Å²) in [6.45, 7) is 1.81. The molecule has 0 bridgehead atoms. The van der Waals surface area contributed by atoms with Crippen LogP contribution in [0.5, 0.6) is 0 Å². The molecule has 27 heavy (non-hydrogen) atoms. The number of rotatable bonds is 7. The third kappa shape index (κ3) is 6.62. The minimum atomic E-state index is -0.559. The predicted molar refractivity (Wildman–Crippen MR) is 107 cm³/mol. The van der Waals surface area contributed by atoms with Crippen LogP contribution in [-0.2, 0) is 11.2 Å². The van der Waals surface area contributed by atoms with Gasteiger partial charge in [0.1, 0.15) is 5.82 Å². The fourth-order valence-corrected chi connectivity index (χ4v) is 2.52. The second-order valence-corrected chi connectivity index (χ2v) is 6.42. The van der Waals surface area contributed by atoms with Crippen molar-refractivity contribution >= 4 is 29.0 Å².